The third-order valence-corrected chi connectivity index (χ3v) is 11.3. The summed E-state index contributed by atoms with van der Waals surface area (Å²) in [5.74, 6) is 0.621. The summed E-state index contributed by atoms with van der Waals surface area (Å²) in [6.45, 7) is 8.45. The molecule has 9 aromatic rings. The summed E-state index contributed by atoms with van der Waals surface area (Å²) in [4.78, 5) is 10.1. The third kappa shape index (κ3) is 9.00. The molecule has 1 heterocycles. The van der Waals surface area contributed by atoms with Gasteiger partial charge in [0.2, 0.25) is 0 Å². The number of nitrogens with zero attached hydrogens (tertiary/aromatic N) is 3. The van der Waals surface area contributed by atoms with Crippen LogP contribution >= 0.6 is 0 Å². The molecule has 0 saturated carbocycles. The number of rotatable bonds is 11. The largest absolute Gasteiger partial charge is 0.309 e. The summed E-state index contributed by atoms with van der Waals surface area (Å²) in [6.07, 6.45) is 10.7. The van der Waals surface area contributed by atoms with E-state index in [1.807, 2.05) is 49.4 Å². The minimum atomic E-state index is 0.621. The lowest BCUT2D eigenvalue weighted by atomic mass is 9.98. The summed E-state index contributed by atoms with van der Waals surface area (Å²) in [5.41, 5.74) is 16.0. The number of aliphatic imine (C=N–C) groups is 2. The number of hydrogen-bond acceptors (Lipinski definition) is 1. The molecular weight excluding hydrogens is 763 g/mol. The van der Waals surface area contributed by atoms with Crippen LogP contribution in [0, 0.1) is 0 Å². The Labute approximate surface area is 370 Å². The molecule has 0 N–H and O–H groups in total. The van der Waals surface area contributed by atoms with Gasteiger partial charge >= 0.3 is 0 Å². The molecule has 0 bridgehead atoms. The molecule has 1 aromatic heterocycles. The topological polar surface area (TPSA) is 29.6 Å². The van der Waals surface area contributed by atoms with Gasteiger partial charge in [-0.15, -0.1) is 0 Å². The first kappa shape index (κ1) is 40.3. The first-order valence-electron chi connectivity index (χ1n) is 21.4. The second-order valence-electron chi connectivity index (χ2n) is 15.5. The van der Waals surface area contributed by atoms with Crippen LogP contribution in [0.15, 0.2) is 247 Å². The maximum Gasteiger partial charge on any atom is 0.160 e. The van der Waals surface area contributed by atoms with Crippen LogP contribution in [0.25, 0.3) is 67.1 Å². The smallest absolute Gasteiger partial charge is 0.160 e. The van der Waals surface area contributed by atoms with Crippen LogP contribution in [0.2, 0.25) is 0 Å². The Morgan fingerprint density at radius 2 is 1.03 bits per heavy atom. The van der Waals surface area contributed by atoms with Crippen LogP contribution in [0.4, 0.5) is 0 Å². The van der Waals surface area contributed by atoms with Gasteiger partial charge in [-0.3, -0.25) is 0 Å². The van der Waals surface area contributed by atoms with Gasteiger partial charge in [0.15, 0.2) is 5.84 Å². The molecule has 0 fully saturated rings. The lowest BCUT2D eigenvalue weighted by Gasteiger charge is -2.09. The second kappa shape index (κ2) is 18.6. The monoisotopic (exact) mass is 809 g/mol. The number of para-hydroxylation sites is 2. The molecule has 3 nitrogen and oxygen atoms in total. The summed E-state index contributed by atoms with van der Waals surface area (Å²) in [5, 5.41) is 2.54. The minimum Gasteiger partial charge on any atom is -0.309 e. The first-order valence-corrected chi connectivity index (χ1v) is 21.4. The van der Waals surface area contributed by atoms with E-state index in [4.69, 9.17) is 9.98 Å². The molecule has 3 heteroatoms. The van der Waals surface area contributed by atoms with E-state index in [0.717, 1.165) is 67.0 Å². The SMILES string of the molecule is C=C(/N=C(\N=C(/C)c1ccc(-c2ccc(C(/C=C\C)=C/C=C/c3ccc(-n4c5ccccc5c5ccccc54)cc3)cc2)cc1)c1ccccc1)c1cccc(-c2ccccc2)c1. The molecule has 63 heavy (non-hydrogen) atoms. The number of hydrogen-bond donors (Lipinski definition) is 0. The van der Waals surface area contributed by atoms with Crippen molar-refractivity contribution in [2.75, 3.05) is 0 Å². The molecule has 0 radical (unpaired) electrons. The van der Waals surface area contributed by atoms with E-state index in [1.54, 1.807) is 0 Å². The van der Waals surface area contributed by atoms with Gasteiger partial charge in [0.25, 0.3) is 0 Å². The molecule has 0 spiro atoms. The van der Waals surface area contributed by atoms with Gasteiger partial charge in [0, 0.05) is 33.3 Å². The minimum absolute atomic E-state index is 0.621. The molecule has 0 aliphatic rings. The van der Waals surface area contributed by atoms with E-state index in [1.165, 1.54) is 21.8 Å². The molecule has 0 unspecified atom stereocenters. The molecule has 0 aliphatic carbocycles. The van der Waals surface area contributed by atoms with Crippen molar-refractivity contribution in [3.8, 4) is 27.9 Å². The van der Waals surface area contributed by atoms with Gasteiger partial charge < -0.3 is 4.57 Å². The number of allylic oxidation sites excluding steroid dienone is 5. The lowest BCUT2D eigenvalue weighted by molar-refractivity contribution is 1.18. The van der Waals surface area contributed by atoms with Crippen LogP contribution in [-0.4, -0.2) is 16.1 Å². The highest BCUT2D eigenvalue weighted by Gasteiger charge is 2.12. The van der Waals surface area contributed by atoms with Gasteiger partial charge in [-0.25, -0.2) is 9.98 Å². The maximum atomic E-state index is 5.08. The fraction of sp³-hybridized carbons (Fsp3) is 0.0333. The Morgan fingerprint density at radius 3 is 1.67 bits per heavy atom. The fourth-order valence-corrected chi connectivity index (χ4v) is 8.05. The van der Waals surface area contributed by atoms with Crippen molar-refractivity contribution in [3.63, 3.8) is 0 Å². The Balaban J connectivity index is 0.902. The molecule has 0 saturated heterocycles. The van der Waals surface area contributed by atoms with Crippen molar-refractivity contribution in [2.24, 2.45) is 9.98 Å². The Kier molecular flexibility index (Phi) is 11.9. The summed E-state index contributed by atoms with van der Waals surface area (Å²) in [7, 11) is 0. The molecule has 0 atom stereocenters. The van der Waals surface area contributed by atoms with Crippen molar-refractivity contribution in [3.05, 3.63) is 265 Å². The zero-order valence-electron chi connectivity index (χ0n) is 35.6. The standard InChI is InChI=1S/C60H47N3/c1-4-17-47(23-15-18-45-30-40-55(41-31-45)63-58-28-13-11-26-56(58)57-27-12-14-29-59(57)63)49-36-38-51(39-37-49)50-34-32-46(33-35-50)43(2)61-60(52-21-9-6-10-22-52)62-44(3)53-24-16-25-54(42-53)48-19-7-5-8-20-48/h4-42H,3H2,1-2H3/b17-4-,18-15+,47-23+,61-43+,62-60-. The van der Waals surface area contributed by atoms with Crippen molar-refractivity contribution >= 4 is 50.7 Å². The van der Waals surface area contributed by atoms with Gasteiger partial charge in [0.05, 0.1) is 16.7 Å². The Hall–Kier alpha value is -8.14. The van der Waals surface area contributed by atoms with Crippen LogP contribution in [0.3, 0.4) is 0 Å². The number of amidine groups is 1. The summed E-state index contributed by atoms with van der Waals surface area (Å²) < 4.78 is 2.35. The zero-order chi connectivity index (χ0) is 43.0. The van der Waals surface area contributed by atoms with Gasteiger partial charge in [0.1, 0.15) is 0 Å². The highest BCUT2D eigenvalue weighted by Crippen LogP contribution is 2.32. The second-order valence-corrected chi connectivity index (χ2v) is 15.5. The predicted molar refractivity (Wildman–Crippen MR) is 271 cm³/mol. The number of aromatic nitrogens is 1. The van der Waals surface area contributed by atoms with E-state index in [9.17, 15) is 0 Å². The maximum absolute atomic E-state index is 5.08. The van der Waals surface area contributed by atoms with Gasteiger partial charge in [-0.1, -0.05) is 213 Å². The summed E-state index contributed by atoms with van der Waals surface area (Å²) >= 11 is 0. The molecule has 9 rings (SSSR count). The van der Waals surface area contributed by atoms with Gasteiger partial charge in [-0.2, -0.15) is 0 Å². The Morgan fingerprint density at radius 1 is 0.492 bits per heavy atom. The fourth-order valence-electron chi connectivity index (χ4n) is 8.05. The highest BCUT2D eigenvalue weighted by atomic mass is 15.0. The predicted octanol–water partition coefficient (Wildman–Crippen LogP) is 15.7. The average molecular weight is 810 g/mol. The zero-order valence-corrected chi connectivity index (χ0v) is 35.6. The highest BCUT2D eigenvalue weighted by molar-refractivity contribution is 6.13. The van der Waals surface area contributed by atoms with Crippen molar-refractivity contribution in [1.29, 1.82) is 0 Å². The summed E-state index contributed by atoms with van der Waals surface area (Å²) in [6, 6.07) is 72.2. The Bertz CT molecular complexity index is 3140. The molecule has 0 amide bonds. The average Bonchev–Trinajstić information content (AvgIpc) is 3.69. The van der Waals surface area contributed by atoms with Crippen molar-refractivity contribution in [2.45, 2.75) is 13.8 Å². The molecule has 0 aliphatic heterocycles. The van der Waals surface area contributed by atoms with Crippen LogP contribution in [-0.2, 0) is 0 Å². The van der Waals surface area contributed by atoms with Crippen LogP contribution in [0.1, 0.15) is 41.7 Å². The van der Waals surface area contributed by atoms with E-state index < -0.39 is 0 Å². The van der Waals surface area contributed by atoms with E-state index >= 15 is 0 Å². The van der Waals surface area contributed by atoms with E-state index in [-0.39, 0.29) is 0 Å². The molecule has 302 valence electrons. The quantitative estimate of drug-likeness (QED) is 0.0708. The third-order valence-electron chi connectivity index (χ3n) is 11.3. The number of fused-ring (bicyclic) bond motifs is 3. The van der Waals surface area contributed by atoms with Crippen molar-refractivity contribution < 1.29 is 0 Å². The molecule has 8 aromatic carbocycles. The van der Waals surface area contributed by atoms with E-state index in [2.05, 4.69) is 212 Å². The lowest BCUT2D eigenvalue weighted by Crippen LogP contribution is -2.04. The van der Waals surface area contributed by atoms with E-state index in [0.29, 0.717) is 11.5 Å². The number of benzene rings is 8. The molecular formula is C60H47N3. The van der Waals surface area contributed by atoms with Crippen molar-refractivity contribution in [1.82, 2.24) is 4.57 Å². The van der Waals surface area contributed by atoms with Crippen LogP contribution < -0.4 is 0 Å². The normalized spacial score (nSPS) is 12.5. The van der Waals surface area contributed by atoms with Crippen LogP contribution in [0.5, 0.6) is 0 Å². The first-order chi connectivity index (χ1) is 31.0. The van der Waals surface area contributed by atoms with Gasteiger partial charge in [-0.05, 0) is 88.7 Å².